The Bertz CT molecular complexity index is 237. The van der Waals surface area contributed by atoms with Gasteiger partial charge in [-0.25, -0.2) is 0 Å². The van der Waals surface area contributed by atoms with Crippen LogP contribution in [0.25, 0.3) is 0 Å². The summed E-state index contributed by atoms with van der Waals surface area (Å²) in [5, 5.41) is 0. The lowest BCUT2D eigenvalue weighted by molar-refractivity contribution is -0.125. The molecule has 0 bridgehead atoms. The highest BCUT2D eigenvalue weighted by Gasteiger charge is 2.36. The smallest absolute Gasteiger partial charge is 0.152 e. The molecule has 2 unspecified atom stereocenters. The Balaban J connectivity index is 2.44. The molecule has 2 atom stereocenters. The van der Waals surface area contributed by atoms with Crippen molar-refractivity contribution in [2.24, 2.45) is 11.7 Å². The van der Waals surface area contributed by atoms with Crippen LogP contribution in [0.2, 0.25) is 0 Å². The first kappa shape index (κ1) is 12.4. The van der Waals surface area contributed by atoms with Crippen molar-refractivity contribution in [1.82, 2.24) is 0 Å². The van der Waals surface area contributed by atoms with Crippen LogP contribution in [-0.4, -0.2) is 11.3 Å². The fraction of sp³-hybridized carbons (Fsp3) is 0.769. The SMILES string of the molecule is C=CCCCC(=O)C1(N)CCCC(C)C1. The molecule has 1 aliphatic carbocycles. The lowest BCUT2D eigenvalue weighted by Gasteiger charge is -2.35. The van der Waals surface area contributed by atoms with Crippen LogP contribution in [0, 0.1) is 5.92 Å². The Morgan fingerprint density at radius 2 is 2.40 bits per heavy atom. The molecule has 1 fully saturated rings. The van der Waals surface area contributed by atoms with Gasteiger partial charge in [0.2, 0.25) is 0 Å². The second-order valence-electron chi connectivity index (χ2n) is 4.96. The fourth-order valence-corrected chi connectivity index (χ4v) is 2.50. The van der Waals surface area contributed by atoms with E-state index in [9.17, 15) is 4.79 Å². The highest BCUT2D eigenvalue weighted by Crippen LogP contribution is 2.32. The van der Waals surface area contributed by atoms with Crippen molar-refractivity contribution in [3.63, 3.8) is 0 Å². The number of carbonyl (C=O) groups is 1. The van der Waals surface area contributed by atoms with Crippen LogP contribution in [0.4, 0.5) is 0 Å². The largest absolute Gasteiger partial charge is 0.319 e. The summed E-state index contributed by atoms with van der Waals surface area (Å²) in [6.45, 7) is 5.85. The Kier molecular flexibility index (Phi) is 4.52. The standard InChI is InChI=1S/C13H23NO/c1-3-4-5-8-12(15)13(14)9-6-7-11(2)10-13/h3,11H,1,4-10,14H2,2H3. The molecule has 2 N–H and O–H groups in total. The van der Waals surface area contributed by atoms with Gasteiger partial charge in [-0.1, -0.05) is 25.8 Å². The Morgan fingerprint density at radius 3 is 3.00 bits per heavy atom. The molecule has 0 heterocycles. The lowest BCUT2D eigenvalue weighted by atomic mass is 9.74. The highest BCUT2D eigenvalue weighted by molar-refractivity contribution is 5.88. The summed E-state index contributed by atoms with van der Waals surface area (Å²) >= 11 is 0. The second kappa shape index (κ2) is 5.45. The predicted octanol–water partition coefficient (Wildman–Crippen LogP) is 2.82. The molecule has 0 saturated heterocycles. The van der Waals surface area contributed by atoms with E-state index in [1.807, 2.05) is 6.08 Å². The molecule has 0 aliphatic heterocycles. The van der Waals surface area contributed by atoms with Gasteiger partial charge < -0.3 is 5.73 Å². The van der Waals surface area contributed by atoms with E-state index < -0.39 is 5.54 Å². The van der Waals surface area contributed by atoms with Crippen LogP contribution in [0.5, 0.6) is 0 Å². The van der Waals surface area contributed by atoms with Crippen LogP contribution in [0.3, 0.4) is 0 Å². The molecule has 1 rings (SSSR count). The van der Waals surface area contributed by atoms with E-state index in [-0.39, 0.29) is 5.78 Å². The van der Waals surface area contributed by atoms with Gasteiger partial charge >= 0.3 is 0 Å². The first-order chi connectivity index (χ1) is 7.08. The highest BCUT2D eigenvalue weighted by atomic mass is 16.1. The summed E-state index contributed by atoms with van der Waals surface area (Å²) < 4.78 is 0. The number of hydrogen-bond acceptors (Lipinski definition) is 2. The van der Waals surface area contributed by atoms with Gasteiger partial charge in [-0.05, 0) is 31.6 Å². The van der Waals surface area contributed by atoms with Crippen molar-refractivity contribution in [3.05, 3.63) is 12.7 Å². The first-order valence-corrected chi connectivity index (χ1v) is 6.01. The number of carbonyl (C=O) groups excluding carboxylic acids is 1. The minimum atomic E-state index is -0.515. The Hall–Kier alpha value is -0.630. The van der Waals surface area contributed by atoms with E-state index in [4.69, 9.17) is 5.73 Å². The molecule has 2 heteroatoms. The third-order valence-electron chi connectivity index (χ3n) is 3.40. The molecular weight excluding hydrogens is 186 g/mol. The van der Waals surface area contributed by atoms with E-state index in [0.29, 0.717) is 12.3 Å². The first-order valence-electron chi connectivity index (χ1n) is 6.01. The molecule has 0 aromatic heterocycles. The molecule has 0 radical (unpaired) electrons. The maximum Gasteiger partial charge on any atom is 0.152 e. The summed E-state index contributed by atoms with van der Waals surface area (Å²) in [6.07, 6.45) is 8.37. The van der Waals surface area contributed by atoms with E-state index in [1.165, 1.54) is 6.42 Å². The normalized spacial score (nSPS) is 31.2. The van der Waals surface area contributed by atoms with Crippen molar-refractivity contribution in [2.45, 2.75) is 57.4 Å². The zero-order valence-electron chi connectivity index (χ0n) is 9.80. The topological polar surface area (TPSA) is 43.1 Å². The fourth-order valence-electron chi connectivity index (χ4n) is 2.50. The molecule has 2 nitrogen and oxygen atoms in total. The van der Waals surface area contributed by atoms with Crippen molar-refractivity contribution in [2.75, 3.05) is 0 Å². The van der Waals surface area contributed by atoms with Crippen LogP contribution in [0.1, 0.15) is 51.9 Å². The van der Waals surface area contributed by atoms with E-state index in [1.54, 1.807) is 0 Å². The molecule has 1 saturated carbocycles. The van der Waals surface area contributed by atoms with Crippen LogP contribution >= 0.6 is 0 Å². The monoisotopic (exact) mass is 209 g/mol. The number of hydrogen-bond donors (Lipinski definition) is 1. The summed E-state index contributed by atoms with van der Waals surface area (Å²) in [7, 11) is 0. The van der Waals surface area contributed by atoms with Gasteiger partial charge in [0.15, 0.2) is 5.78 Å². The van der Waals surface area contributed by atoms with Crippen LogP contribution < -0.4 is 5.73 Å². The van der Waals surface area contributed by atoms with E-state index >= 15 is 0 Å². The molecule has 86 valence electrons. The van der Waals surface area contributed by atoms with Gasteiger partial charge in [-0.2, -0.15) is 0 Å². The number of allylic oxidation sites excluding steroid dienone is 1. The number of nitrogens with two attached hydrogens (primary N) is 1. The zero-order chi connectivity index (χ0) is 11.3. The summed E-state index contributed by atoms with van der Waals surface area (Å²) in [4.78, 5) is 12.0. The Morgan fingerprint density at radius 1 is 1.67 bits per heavy atom. The van der Waals surface area contributed by atoms with Gasteiger partial charge in [-0.3, -0.25) is 4.79 Å². The van der Waals surface area contributed by atoms with E-state index in [2.05, 4.69) is 13.5 Å². The van der Waals surface area contributed by atoms with Gasteiger partial charge in [-0.15, -0.1) is 6.58 Å². The minimum absolute atomic E-state index is 0.260. The van der Waals surface area contributed by atoms with Gasteiger partial charge in [0.25, 0.3) is 0 Å². The Labute approximate surface area is 92.9 Å². The zero-order valence-corrected chi connectivity index (χ0v) is 9.80. The molecule has 0 aromatic rings. The molecule has 0 spiro atoms. The molecule has 15 heavy (non-hydrogen) atoms. The van der Waals surface area contributed by atoms with Gasteiger partial charge in [0, 0.05) is 6.42 Å². The maximum absolute atomic E-state index is 12.0. The van der Waals surface area contributed by atoms with Crippen LogP contribution in [0.15, 0.2) is 12.7 Å². The maximum atomic E-state index is 12.0. The molecular formula is C13H23NO. The third kappa shape index (κ3) is 3.45. The minimum Gasteiger partial charge on any atom is -0.319 e. The molecule has 0 aromatic carbocycles. The average Bonchev–Trinajstić information content (AvgIpc) is 2.17. The predicted molar refractivity (Wildman–Crippen MR) is 63.6 cm³/mol. The number of unbranched alkanes of at least 4 members (excludes halogenated alkanes) is 1. The lowest BCUT2D eigenvalue weighted by Crippen LogP contribution is -2.50. The average molecular weight is 209 g/mol. The van der Waals surface area contributed by atoms with Gasteiger partial charge in [0.05, 0.1) is 5.54 Å². The van der Waals surface area contributed by atoms with Crippen molar-refractivity contribution < 1.29 is 4.79 Å². The summed E-state index contributed by atoms with van der Waals surface area (Å²) in [5.74, 6) is 0.864. The number of ketones is 1. The number of rotatable bonds is 5. The quantitative estimate of drug-likeness (QED) is 0.559. The summed E-state index contributed by atoms with van der Waals surface area (Å²) in [6, 6.07) is 0. The second-order valence-corrected chi connectivity index (χ2v) is 4.96. The van der Waals surface area contributed by atoms with Crippen molar-refractivity contribution >= 4 is 5.78 Å². The van der Waals surface area contributed by atoms with E-state index in [0.717, 1.165) is 32.1 Å². The molecule has 1 aliphatic rings. The van der Waals surface area contributed by atoms with Crippen molar-refractivity contribution in [1.29, 1.82) is 0 Å². The van der Waals surface area contributed by atoms with Crippen molar-refractivity contribution in [3.8, 4) is 0 Å². The van der Waals surface area contributed by atoms with Crippen LogP contribution in [-0.2, 0) is 4.79 Å². The number of Topliss-reactive ketones (excluding diaryl/α,β-unsaturated/α-hetero) is 1. The molecule has 0 amide bonds. The third-order valence-corrected chi connectivity index (χ3v) is 3.40. The van der Waals surface area contributed by atoms with Gasteiger partial charge in [0.1, 0.15) is 0 Å². The summed E-state index contributed by atoms with van der Waals surface area (Å²) in [5.41, 5.74) is 5.68.